The third-order valence-corrected chi connectivity index (χ3v) is 5.12. The Kier molecular flexibility index (Phi) is 5.93. The van der Waals surface area contributed by atoms with E-state index >= 15 is 0 Å². The van der Waals surface area contributed by atoms with Crippen LogP contribution in [0.4, 0.5) is 9.52 Å². The van der Waals surface area contributed by atoms with E-state index in [9.17, 15) is 9.18 Å². The number of rotatable bonds is 6. The molecule has 0 aliphatic carbocycles. The van der Waals surface area contributed by atoms with Crippen LogP contribution in [-0.2, 0) is 11.2 Å². The van der Waals surface area contributed by atoms with E-state index < -0.39 is 0 Å². The van der Waals surface area contributed by atoms with Crippen LogP contribution >= 0.6 is 11.3 Å². The van der Waals surface area contributed by atoms with Gasteiger partial charge in [-0.15, -0.1) is 10.2 Å². The predicted octanol–water partition coefficient (Wildman–Crippen LogP) is 2.15. The molecule has 3 rings (SSSR count). The van der Waals surface area contributed by atoms with Gasteiger partial charge in [0.1, 0.15) is 16.9 Å². The van der Waals surface area contributed by atoms with Crippen LogP contribution in [0.3, 0.4) is 0 Å². The van der Waals surface area contributed by atoms with Gasteiger partial charge in [-0.25, -0.2) is 4.39 Å². The van der Waals surface area contributed by atoms with E-state index in [1.54, 1.807) is 12.1 Å². The quantitative estimate of drug-likeness (QED) is 0.821. The zero-order valence-corrected chi connectivity index (χ0v) is 14.8. The molecular formula is C17H22FN5OS. The van der Waals surface area contributed by atoms with Gasteiger partial charge in [0.2, 0.25) is 11.0 Å². The molecule has 2 aromatic rings. The van der Waals surface area contributed by atoms with Crippen LogP contribution in [0.25, 0.3) is 0 Å². The first-order valence-electron chi connectivity index (χ1n) is 8.48. The fourth-order valence-electron chi connectivity index (χ4n) is 3.11. The zero-order valence-electron chi connectivity index (χ0n) is 13.9. The number of benzene rings is 1. The molecule has 1 aromatic heterocycles. The average Bonchev–Trinajstić information content (AvgIpc) is 3.03. The van der Waals surface area contributed by atoms with Crippen LogP contribution < -0.4 is 11.1 Å². The van der Waals surface area contributed by atoms with Crippen molar-refractivity contribution in [3.63, 3.8) is 0 Å². The Morgan fingerprint density at radius 1 is 1.24 bits per heavy atom. The molecule has 1 fully saturated rings. The second kappa shape index (κ2) is 8.35. The predicted molar refractivity (Wildman–Crippen MR) is 95.6 cm³/mol. The lowest BCUT2D eigenvalue weighted by atomic mass is 10.0. The molecule has 25 heavy (non-hydrogen) atoms. The first-order valence-corrected chi connectivity index (χ1v) is 9.30. The summed E-state index contributed by atoms with van der Waals surface area (Å²) < 4.78 is 13.2. The van der Waals surface area contributed by atoms with Crippen molar-refractivity contribution in [2.75, 3.05) is 25.4 Å². The summed E-state index contributed by atoms with van der Waals surface area (Å²) >= 11 is 1.33. The number of likely N-dealkylation sites (tertiary alicyclic amines) is 1. The second-order valence-corrected chi connectivity index (χ2v) is 7.22. The number of nitrogens with one attached hydrogen (secondary N) is 1. The smallest absolute Gasteiger partial charge is 0.241 e. The lowest BCUT2D eigenvalue weighted by Gasteiger charge is -2.33. The third kappa shape index (κ3) is 4.73. The van der Waals surface area contributed by atoms with Crippen LogP contribution in [-0.4, -0.2) is 40.6 Å². The summed E-state index contributed by atoms with van der Waals surface area (Å²) in [7, 11) is 0. The van der Waals surface area contributed by atoms with E-state index in [1.807, 2.05) is 0 Å². The minimum atomic E-state index is -0.389. The second-order valence-electron chi connectivity index (χ2n) is 6.13. The first kappa shape index (κ1) is 17.8. The molecule has 3 N–H and O–H groups in total. The maximum atomic E-state index is 13.2. The average molecular weight is 363 g/mol. The fraction of sp³-hybridized carbons (Fsp3) is 0.471. The monoisotopic (exact) mass is 363 g/mol. The van der Waals surface area contributed by atoms with Gasteiger partial charge in [-0.2, -0.15) is 0 Å². The number of carbonyl (C=O) groups excluding carboxylic acids is 1. The van der Waals surface area contributed by atoms with Gasteiger partial charge in [0.05, 0.1) is 0 Å². The molecule has 6 nitrogen and oxygen atoms in total. The van der Waals surface area contributed by atoms with Crippen LogP contribution in [0, 0.1) is 5.82 Å². The molecule has 2 heterocycles. The number of nitrogens with zero attached hydrogens (tertiary/aromatic N) is 3. The minimum Gasteiger partial charge on any atom is -0.374 e. The Hall–Kier alpha value is -2.06. The Balaban J connectivity index is 1.66. The topological polar surface area (TPSA) is 84.1 Å². The molecule has 0 unspecified atom stereocenters. The number of amides is 1. The Morgan fingerprint density at radius 2 is 1.96 bits per heavy atom. The van der Waals surface area contributed by atoms with Gasteiger partial charge in [-0.1, -0.05) is 29.9 Å². The van der Waals surface area contributed by atoms with Gasteiger partial charge < -0.3 is 11.1 Å². The molecular weight excluding hydrogens is 341 g/mol. The Labute approximate surface area is 150 Å². The third-order valence-electron chi connectivity index (χ3n) is 4.31. The lowest BCUT2D eigenvalue weighted by Crippen LogP contribution is -2.43. The van der Waals surface area contributed by atoms with Gasteiger partial charge in [0.15, 0.2) is 0 Å². The molecule has 1 aliphatic heterocycles. The van der Waals surface area contributed by atoms with Crippen LogP contribution in [0.15, 0.2) is 24.3 Å². The number of aromatic nitrogens is 2. The first-order chi connectivity index (χ1) is 12.1. The highest BCUT2D eigenvalue weighted by Crippen LogP contribution is 2.25. The molecule has 1 amide bonds. The molecule has 1 atom stereocenters. The van der Waals surface area contributed by atoms with Crippen LogP contribution in [0.5, 0.6) is 0 Å². The molecule has 1 saturated heterocycles. The summed E-state index contributed by atoms with van der Waals surface area (Å²) in [5.74, 6) is -0.360. The number of hydrogen-bond acceptors (Lipinski definition) is 6. The van der Waals surface area contributed by atoms with Gasteiger partial charge >= 0.3 is 0 Å². The highest BCUT2D eigenvalue weighted by atomic mass is 32.1. The van der Waals surface area contributed by atoms with Gasteiger partial charge in [-0.3, -0.25) is 9.69 Å². The van der Waals surface area contributed by atoms with Crippen molar-refractivity contribution in [2.45, 2.75) is 31.7 Å². The Morgan fingerprint density at radius 3 is 2.60 bits per heavy atom. The number of halogens is 1. The summed E-state index contributed by atoms with van der Waals surface area (Å²) in [6.45, 7) is 2.23. The number of anilines is 1. The van der Waals surface area contributed by atoms with E-state index in [-0.39, 0.29) is 17.8 Å². The molecule has 134 valence electrons. The summed E-state index contributed by atoms with van der Waals surface area (Å²) in [6, 6.07) is 5.81. The number of nitrogens with two attached hydrogens (primary N) is 1. The van der Waals surface area contributed by atoms with Crippen LogP contribution in [0.1, 0.15) is 35.9 Å². The van der Waals surface area contributed by atoms with Crippen molar-refractivity contribution < 1.29 is 9.18 Å². The zero-order chi connectivity index (χ0) is 17.6. The SMILES string of the molecule is Nc1nnc(CCNC(=O)[C@H](c2ccc(F)cc2)N2CCCCC2)s1. The normalized spacial score (nSPS) is 16.5. The van der Waals surface area contributed by atoms with Gasteiger partial charge in [0, 0.05) is 13.0 Å². The molecule has 1 aliphatic rings. The maximum Gasteiger partial charge on any atom is 0.241 e. The highest BCUT2D eigenvalue weighted by Gasteiger charge is 2.28. The number of nitrogen functional groups attached to an aromatic ring is 1. The summed E-state index contributed by atoms with van der Waals surface area (Å²) in [5.41, 5.74) is 6.38. The molecule has 0 radical (unpaired) electrons. The molecule has 1 aromatic carbocycles. The molecule has 0 saturated carbocycles. The Bertz CT molecular complexity index is 699. The van der Waals surface area contributed by atoms with E-state index in [4.69, 9.17) is 5.73 Å². The van der Waals surface area contributed by atoms with Crippen molar-refractivity contribution in [3.8, 4) is 0 Å². The minimum absolute atomic E-state index is 0.0639. The largest absolute Gasteiger partial charge is 0.374 e. The van der Waals surface area contributed by atoms with Crippen LogP contribution in [0.2, 0.25) is 0 Å². The number of hydrogen-bond donors (Lipinski definition) is 2. The van der Waals surface area contributed by atoms with E-state index in [2.05, 4.69) is 20.4 Å². The van der Waals surface area contributed by atoms with Crippen molar-refractivity contribution in [1.82, 2.24) is 20.4 Å². The van der Waals surface area contributed by atoms with Crippen molar-refractivity contribution in [3.05, 3.63) is 40.7 Å². The fourth-order valence-corrected chi connectivity index (χ4v) is 3.72. The molecule has 0 bridgehead atoms. The number of carbonyl (C=O) groups is 1. The summed E-state index contributed by atoms with van der Waals surface area (Å²) in [5, 5.41) is 11.9. The standard InChI is InChI=1S/C17H22FN5OS/c18-13-6-4-12(5-7-13)15(23-10-2-1-3-11-23)16(24)20-9-8-14-21-22-17(19)25-14/h4-7,15H,1-3,8-11H2,(H2,19,22)(H,20,24)/t15-/m0/s1. The molecule has 0 spiro atoms. The van der Waals surface area contributed by atoms with Gasteiger partial charge in [0.25, 0.3) is 0 Å². The summed E-state index contributed by atoms with van der Waals surface area (Å²) in [4.78, 5) is 15.0. The highest BCUT2D eigenvalue weighted by molar-refractivity contribution is 7.15. The lowest BCUT2D eigenvalue weighted by molar-refractivity contribution is -0.127. The van der Waals surface area contributed by atoms with Crippen molar-refractivity contribution in [1.29, 1.82) is 0 Å². The van der Waals surface area contributed by atoms with Gasteiger partial charge in [-0.05, 0) is 43.6 Å². The van der Waals surface area contributed by atoms with Crippen molar-refractivity contribution in [2.24, 2.45) is 0 Å². The maximum absolute atomic E-state index is 13.2. The number of piperidine rings is 1. The van der Waals surface area contributed by atoms with E-state index in [0.29, 0.717) is 18.1 Å². The van der Waals surface area contributed by atoms with Crippen molar-refractivity contribution >= 4 is 22.4 Å². The summed E-state index contributed by atoms with van der Waals surface area (Å²) in [6.07, 6.45) is 3.94. The van der Waals surface area contributed by atoms with E-state index in [0.717, 1.165) is 36.5 Å². The van der Waals surface area contributed by atoms with E-state index in [1.165, 1.54) is 29.9 Å². The molecule has 8 heteroatoms.